The van der Waals surface area contributed by atoms with E-state index in [1.807, 2.05) is 60.7 Å². The number of alkyl halides is 1. The molecular weight excluding hydrogens is 412 g/mol. The van der Waals surface area contributed by atoms with E-state index in [1.54, 1.807) is 0 Å². The second-order valence-corrected chi connectivity index (χ2v) is 8.02. The first-order valence-electron chi connectivity index (χ1n) is 9.06. The Bertz CT molecular complexity index is 899. The molecule has 2 aliphatic rings. The standard InChI is InChI=1S/C21H19ClN2O4S/c22-11-15-12-29-20-16(23)18(25)24(20)19(15)28-21(26)27-17(13-7-3-1-4-8-13)14-9-5-2-6-10-14/h1-10,16-17,20H,11-12,23H2. The van der Waals surface area contributed by atoms with E-state index in [0.717, 1.165) is 11.1 Å². The van der Waals surface area contributed by atoms with Crippen molar-refractivity contribution in [2.45, 2.75) is 17.5 Å². The van der Waals surface area contributed by atoms with E-state index in [1.165, 1.54) is 16.7 Å². The molecule has 6 nitrogen and oxygen atoms in total. The lowest BCUT2D eigenvalue weighted by Gasteiger charge is -2.47. The summed E-state index contributed by atoms with van der Waals surface area (Å²) in [5, 5.41) is -0.253. The quantitative estimate of drug-likeness (QED) is 0.443. The number of carbonyl (C=O) groups excluding carboxylic acids is 2. The number of thioether (sulfide) groups is 1. The molecule has 0 aromatic heterocycles. The zero-order valence-electron chi connectivity index (χ0n) is 15.4. The number of β-lactam (4-membered cyclic amide) rings is 1. The van der Waals surface area contributed by atoms with Crippen LogP contribution >= 0.6 is 23.4 Å². The van der Waals surface area contributed by atoms with Crippen LogP contribution in [0.15, 0.2) is 72.1 Å². The Morgan fingerprint density at radius 2 is 1.72 bits per heavy atom. The van der Waals surface area contributed by atoms with E-state index >= 15 is 0 Å². The summed E-state index contributed by atoms with van der Waals surface area (Å²) >= 11 is 7.51. The normalized spacial score (nSPS) is 20.9. The first-order chi connectivity index (χ1) is 14.1. The maximum Gasteiger partial charge on any atom is 0.516 e. The average molecular weight is 431 g/mol. The SMILES string of the molecule is NC1C(=O)N2C(OC(=O)OC(c3ccccc3)c3ccccc3)=C(CCl)CSC12. The summed E-state index contributed by atoms with van der Waals surface area (Å²) < 4.78 is 11.2. The van der Waals surface area contributed by atoms with Crippen LogP contribution in [0.3, 0.4) is 0 Å². The van der Waals surface area contributed by atoms with Gasteiger partial charge < -0.3 is 15.2 Å². The van der Waals surface area contributed by atoms with Crippen molar-refractivity contribution in [1.82, 2.24) is 4.90 Å². The third-order valence-corrected chi connectivity index (χ3v) is 6.48. The predicted octanol–water partition coefficient (Wildman–Crippen LogP) is 3.62. The van der Waals surface area contributed by atoms with Crippen LogP contribution in [0.1, 0.15) is 17.2 Å². The van der Waals surface area contributed by atoms with Crippen molar-refractivity contribution < 1.29 is 19.1 Å². The van der Waals surface area contributed by atoms with Crippen molar-refractivity contribution in [1.29, 1.82) is 0 Å². The van der Waals surface area contributed by atoms with Crippen LogP contribution in [0.25, 0.3) is 0 Å². The van der Waals surface area contributed by atoms with Gasteiger partial charge in [0, 0.05) is 17.2 Å². The van der Waals surface area contributed by atoms with Crippen molar-refractivity contribution in [2.75, 3.05) is 11.6 Å². The van der Waals surface area contributed by atoms with Crippen LogP contribution in [0.2, 0.25) is 0 Å². The monoisotopic (exact) mass is 430 g/mol. The van der Waals surface area contributed by atoms with E-state index in [4.69, 9.17) is 26.8 Å². The number of halogens is 1. The summed E-state index contributed by atoms with van der Waals surface area (Å²) in [6.45, 7) is 0. The molecule has 4 rings (SSSR count). The smallest absolute Gasteiger partial charge is 0.421 e. The van der Waals surface area contributed by atoms with Gasteiger partial charge in [0.1, 0.15) is 11.4 Å². The highest BCUT2D eigenvalue weighted by molar-refractivity contribution is 8.00. The van der Waals surface area contributed by atoms with Gasteiger partial charge in [-0.15, -0.1) is 23.4 Å². The number of nitrogens with two attached hydrogens (primary N) is 1. The van der Waals surface area contributed by atoms with E-state index < -0.39 is 18.3 Å². The second kappa shape index (κ2) is 8.49. The van der Waals surface area contributed by atoms with Crippen LogP contribution in [0.5, 0.6) is 0 Å². The van der Waals surface area contributed by atoms with E-state index in [2.05, 4.69) is 0 Å². The Hall–Kier alpha value is -2.48. The van der Waals surface area contributed by atoms with Gasteiger partial charge in [0.25, 0.3) is 0 Å². The lowest BCUT2D eigenvalue weighted by molar-refractivity contribution is -0.144. The molecule has 0 bridgehead atoms. The summed E-state index contributed by atoms with van der Waals surface area (Å²) in [5.74, 6) is 0.521. The first-order valence-corrected chi connectivity index (χ1v) is 10.6. The third kappa shape index (κ3) is 3.85. The lowest BCUT2D eigenvalue weighted by atomic mass is 10.0. The molecule has 2 aliphatic heterocycles. The highest BCUT2D eigenvalue weighted by Crippen LogP contribution is 2.40. The van der Waals surface area contributed by atoms with Crippen LogP contribution in [0.4, 0.5) is 4.79 Å². The summed E-state index contributed by atoms with van der Waals surface area (Å²) in [6.07, 6.45) is -1.55. The highest BCUT2D eigenvalue weighted by Gasteiger charge is 2.51. The Labute approximate surface area is 177 Å². The maximum absolute atomic E-state index is 12.7. The topological polar surface area (TPSA) is 81.9 Å². The van der Waals surface area contributed by atoms with Gasteiger partial charge in [0.05, 0.1) is 0 Å². The summed E-state index contributed by atoms with van der Waals surface area (Å²) in [5.41, 5.74) is 8.12. The molecule has 0 spiro atoms. The molecule has 0 radical (unpaired) electrons. The molecule has 2 aromatic carbocycles. The number of rotatable bonds is 5. The highest BCUT2D eigenvalue weighted by atomic mass is 35.5. The Morgan fingerprint density at radius 1 is 1.14 bits per heavy atom. The fraction of sp³-hybridized carbons (Fsp3) is 0.238. The summed E-state index contributed by atoms with van der Waals surface area (Å²) in [6, 6.07) is 18.2. The molecule has 1 saturated heterocycles. The molecule has 2 aromatic rings. The zero-order chi connectivity index (χ0) is 20.4. The van der Waals surface area contributed by atoms with Crippen molar-refractivity contribution in [3.8, 4) is 0 Å². The van der Waals surface area contributed by atoms with Gasteiger partial charge in [-0.1, -0.05) is 60.7 Å². The molecule has 2 heterocycles. The van der Waals surface area contributed by atoms with E-state index in [9.17, 15) is 9.59 Å². The molecule has 1 fully saturated rings. The number of benzene rings is 2. The minimum Gasteiger partial charge on any atom is -0.421 e. The molecule has 0 aliphatic carbocycles. The van der Waals surface area contributed by atoms with E-state index in [-0.39, 0.29) is 23.0 Å². The number of hydrogen-bond donors (Lipinski definition) is 1. The Morgan fingerprint density at radius 3 is 2.28 bits per heavy atom. The Kier molecular flexibility index (Phi) is 5.80. The molecule has 2 unspecified atom stereocenters. The number of hydrogen-bond acceptors (Lipinski definition) is 6. The number of carbonyl (C=O) groups is 2. The molecule has 2 atom stereocenters. The number of fused-ring (bicyclic) bond motifs is 1. The van der Waals surface area contributed by atoms with Crippen LogP contribution in [0, 0.1) is 0 Å². The van der Waals surface area contributed by atoms with Gasteiger partial charge >= 0.3 is 6.16 Å². The number of nitrogens with zero attached hydrogens (tertiary/aromatic N) is 1. The van der Waals surface area contributed by atoms with Crippen molar-refractivity contribution >= 4 is 35.4 Å². The molecular formula is C21H19ClN2O4S. The summed E-state index contributed by atoms with van der Waals surface area (Å²) in [7, 11) is 0. The fourth-order valence-corrected chi connectivity index (χ4v) is 4.89. The van der Waals surface area contributed by atoms with Gasteiger partial charge in [-0.2, -0.15) is 0 Å². The lowest BCUT2D eigenvalue weighted by Crippen LogP contribution is -2.68. The van der Waals surface area contributed by atoms with Gasteiger partial charge in [0.2, 0.25) is 11.8 Å². The van der Waals surface area contributed by atoms with Gasteiger partial charge in [-0.25, -0.2) is 4.79 Å². The van der Waals surface area contributed by atoms with E-state index in [0.29, 0.717) is 11.3 Å². The van der Waals surface area contributed by atoms with Crippen molar-refractivity contribution in [3.63, 3.8) is 0 Å². The summed E-state index contributed by atoms with van der Waals surface area (Å²) in [4.78, 5) is 26.3. The second-order valence-electron chi connectivity index (χ2n) is 6.65. The fourth-order valence-electron chi connectivity index (χ4n) is 3.30. The zero-order valence-corrected chi connectivity index (χ0v) is 16.9. The van der Waals surface area contributed by atoms with Crippen molar-refractivity contribution in [2.24, 2.45) is 5.73 Å². The third-order valence-electron chi connectivity index (χ3n) is 4.79. The average Bonchev–Trinajstić information content (AvgIpc) is 2.77. The Balaban J connectivity index is 1.57. The predicted molar refractivity (Wildman–Crippen MR) is 111 cm³/mol. The van der Waals surface area contributed by atoms with Crippen LogP contribution in [-0.2, 0) is 14.3 Å². The molecule has 0 saturated carbocycles. The minimum absolute atomic E-state index is 0.139. The van der Waals surface area contributed by atoms with Crippen molar-refractivity contribution in [3.05, 3.63) is 83.2 Å². The minimum atomic E-state index is -0.903. The maximum atomic E-state index is 12.7. The molecule has 150 valence electrons. The molecule has 1 amide bonds. The van der Waals surface area contributed by atoms with Crippen LogP contribution in [-0.4, -0.2) is 40.0 Å². The van der Waals surface area contributed by atoms with Gasteiger partial charge in [-0.3, -0.25) is 9.69 Å². The molecule has 2 N–H and O–H groups in total. The van der Waals surface area contributed by atoms with Crippen LogP contribution < -0.4 is 5.73 Å². The molecule has 8 heteroatoms. The number of ether oxygens (including phenoxy) is 2. The van der Waals surface area contributed by atoms with Gasteiger partial charge in [0.15, 0.2) is 6.10 Å². The number of amides is 1. The largest absolute Gasteiger partial charge is 0.516 e. The first kappa shape index (κ1) is 19.8. The molecule has 29 heavy (non-hydrogen) atoms. The van der Waals surface area contributed by atoms with Gasteiger partial charge in [-0.05, 0) is 11.1 Å².